The summed E-state index contributed by atoms with van der Waals surface area (Å²) in [5.74, 6) is 1.81. The molecule has 132 valence electrons. The van der Waals surface area contributed by atoms with E-state index in [0.29, 0.717) is 5.65 Å². The Bertz CT molecular complexity index is 977. The number of rotatable bonds is 7. The molecule has 0 saturated carbocycles. The highest BCUT2D eigenvalue weighted by Gasteiger charge is 2.10. The number of imidazole rings is 1. The van der Waals surface area contributed by atoms with Gasteiger partial charge in [0.25, 0.3) is 0 Å². The van der Waals surface area contributed by atoms with Crippen molar-refractivity contribution in [3.8, 4) is 17.0 Å². The Hall–Kier alpha value is -3.42. The van der Waals surface area contributed by atoms with Crippen molar-refractivity contribution in [1.82, 2.24) is 29.8 Å². The molecule has 0 aliphatic carbocycles. The maximum atomic E-state index is 5.22. The summed E-state index contributed by atoms with van der Waals surface area (Å²) >= 11 is 0. The van der Waals surface area contributed by atoms with E-state index < -0.39 is 0 Å². The third kappa shape index (κ3) is 3.34. The summed E-state index contributed by atoms with van der Waals surface area (Å²) in [6.07, 6.45) is 7.06. The average Bonchev–Trinajstić information content (AvgIpc) is 3.36. The number of ether oxygens (including phenoxy) is 1. The number of benzene rings is 1. The molecule has 4 aromatic rings. The van der Waals surface area contributed by atoms with Crippen LogP contribution in [0, 0.1) is 0 Å². The van der Waals surface area contributed by atoms with Crippen molar-refractivity contribution in [3.05, 3.63) is 54.9 Å². The molecule has 1 aromatic carbocycles. The molecule has 0 spiro atoms. The standard InChI is InChI=1S/C18H19N7O/c1-26-14-6-4-13(5-7-14)15-11-16(18-23-22-12-25(18)24-15)19-8-2-3-17-20-9-10-21-17/h4-7,9-12,19H,2-3,8H2,1H3,(H,20,21). The first-order valence-electron chi connectivity index (χ1n) is 8.41. The molecule has 0 aliphatic heterocycles. The molecule has 3 heterocycles. The van der Waals surface area contributed by atoms with Gasteiger partial charge in [-0.1, -0.05) is 0 Å². The van der Waals surface area contributed by atoms with Gasteiger partial charge < -0.3 is 15.0 Å². The molecule has 0 unspecified atom stereocenters. The van der Waals surface area contributed by atoms with Crippen LogP contribution >= 0.6 is 0 Å². The van der Waals surface area contributed by atoms with Crippen LogP contribution in [0.1, 0.15) is 12.2 Å². The van der Waals surface area contributed by atoms with Crippen LogP contribution in [0.2, 0.25) is 0 Å². The van der Waals surface area contributed by atoms with Gasteiger partial charge in [-0.2, -0.15) is 9.61 Å². The normalized spacial score (nSPS) is 11.0. The number of fused-ring (bicyclic) bond motifs is 1. The summed E-state index contributed by atoms with van der Waals surface area (Å²) < 4.78 is 6.91. The average molecular weight is 349 g/mol. The number of anilines is 1. The largest absolute Gasteiger partial charge is 0.497 e. The van der Waals surface area contributed by atoms with Crippen molar-refractivity contribution in [2.24, 2.45) is 0 Å². The molecular weight excluding hydrogens is 330 g/mol. The number of hydrogen-bond acceptors (Lipinski definition) is 6. The Labute approximate surface area is 150 Å². The third-order valence-electron chi connectivity index (χ3n) is 4.11. The zero-order valence-electron chi connectivity index (χ0n) is 14.4. The second kappa shape index (κ2) is 7.22. The molecule has 8 nitrogen and oxygen atoms in total. The molecule has 0 saturated heterocycles. The lowest BCUT2D eigenvalue weighted by Crippen LogP contribution is -2.07. The van der Waals surface area contributed by atoms with Gasteiger partial charge in [0.05, 0.1) is 18.5 Å². The fraction of sp³-hybridized carbons (Fsp3) is 0.222. The molecule has 0 fully saturated rings. The minimum atomic E-state index is 0.709. The van der Waals surface area contributed by atoms with Crippen molar-refractivity contribution in [3.63, 3.8) is 0 Å². The fourth-order valence-electron chi connectivity index (χ4n) is 2.77. The molecule has 26 heavy (non-hydrogen) atoms. The Morgan fingerprint density at radius 1 is 1.23 bits per heavy atom. The van der Waals surface area contributed by atoms with Crippen LogP contribution in [0.25, 0.3) is 16.9 Å². The van der Waals surface area contributed by atoms with E-state index in [1.54, 1.807) is 24.1 Å². The topological polar surface area (TPSA) is 93.0 Å². The van der Waals surface area contributed by atoms with Gasteiger partial charge in [-0.3, -0.25) is 0 Å². The zero-order valence-corrected chi connectivity index (χ0v) is 14.4. The molecule has 0 bridgehead atoms. The van der Waals surface area contributed by atoms with Crippen LogP contribution in [0.4, 0.5) is 5.69 Å². The number of hydrogen-bond donors (Lipinski definition) is 2. The van der Waals surface area contributed by atoms with Gasteiger partial charge in [0.15, 0.2) is 0 Å². The van der Waals surface area contributed by atoms with Crippen LogP contribution in [0.3, 0.4) is 0 Å². The van der Waals surface area contributed by atoms with Gasteiger partial charge in [-0.15, -0.1) is 10.2 Å². The van der Waals surface area contributed by atoms with Gasteiger partial charge in [-0.05, 0) is 36.8 Å². The predicted octanol–water partition coefficient (Wildman–Crippen LogP) is 2.57. The molecule has 0 aliphatic rings. The number of nitrogens with zero attached hydrogens (tertiary/aromatic N) is 5. The molecule has 0 amide bonds. The number of aryl methyl sites for hydroxylation is 1. The van der Waals surface area contributed by atoms with E-state index in [0.717, 1.165) is 47.9 Å². The van der Waals surface area contributed by atoms with E-state index in [1.165, 1.54) is 0 Å². The zero-order chi connectivity index (χ0) is 17.8. The summed E-state index contributed by atoms with van der Waals surface area (Å²) in [6.45, 7) is 0.801. The molecule has 3 aromatic heterocycles. The second-order valence-corrected chi connectivity index (χ2v) is 5.84. The lowest BCUT2D eigenvalue weighted by atomic mass is 10.1. The quantitative estimate of drug-likeness (QED) is 0.498. The number of aromatic amines is 1. The third-order valence-corrected chi connectivity index (χ3v) is 4.11. The number of H-pyrrole nitrogens is 1. The summed E-state index contributed by atoms with van der Waals surface area (Å²) in [4.78, 5) is 7.36. The second-order valence-electron chi connectivity index (χ2n) is 5.84. The number of aromatic nitrogens is 6. The monoisotopic (exact) mass is 349 g/mol. The van der Waals surface area contributed by atoms with E-state index in [9.17, 15) is 0 Å². The van der Waals surface area contributed by atoms with Gasteiger partial charge in [0.2, 0.25) is 5.65 Å². The first-order chi connectivity index (χ1) is 12.8. The summed E-state index contributed by atoms with van der Waals surface area (Å²) in [7, 11) is 1.65. The first kappa shape index (κ1) is 16.1. The van der Waals surface area contributed by atoms with Crippen molar-refractivity contribution in [2.75, 3.05) is 19.0 Å². The van der Waals surface area contributed by atoms with Crippen molar-refractivity contribution < 1.29 is 4.74 Å². The lowest BCUT2D eigenvalue weighted by Gasteiger charge is -2.09. The van der Waals surface area contributed by atoms with Gasteiger partial charge >= 0.3 is 0 Å². The van der Waals surface area contributed by atoms with Gasteiger partial charge in [0, 0.05) is 30.9 Å². The maximum absolute atomic E-state index is 5.22. The predicted molar refractivity (Wildman–Crippen MR) is 98.2 cm³/mol. The van der Waals surface area contributed by atoms with Crippen LogP contribution in [0.5, 0.6) is 5.75 Å². The minimum absolute atomic E-state index is 0.709. The highest BCUT2D eigenvalue weighted by Crippen LogP contribution is 2.24. The van der Waals surface area contributed by atoms with Crippen LogP contribution in [-0.4, -0.2) is 43.4 Å². The SMILES string of the molecule is COc1ccc(-c2cc(NCCCc3ncc[nH]3)c3nncn3n2)cc1. The van der Waals surface area contributed by atoms with E-state index in [1.807, 2.05) is 36.5 Å². The van der Waals surface area contributed by atoms with E-state index in [4.69, 9.17) is 4.74 Å². The number of nitrogens with one attached hydrogen (secondary N) is 2. The fourth-order valence-corrected chi connectivity index (χ4v) is 2.77. The Kier molecular flexibility index (Phi) is 4.46. The maximum Gasteiger partial charge on any atom is 0.200 e. The van der Waals surface area contributed by atoms with Crippen LogP contribution in [-0.2, 0) is 6.42 Å². The van der Waals surface area contributed by atoms with E-state index in [2.05, 4.69) is 30.6 Å². The highest BCUT2D eigenvalue weighted by atomic mass is 16.5. The number of methoxy groups -OCH3 is 1. The Morgan fingerprint density at radius 2 is 2.12 bits per heavy atom. The highest BCUT2D eigenvalue weighted by molar-refractivity contribution is 5.73. The lowest BCUT2D eigenvalue weighted by molar-refractivity contribution is 0.415. The first-order valence-corrected chi connectivity index (χ1v) is 8.41. The van der Waals surface area contributed by atoms with E-state index >= 15 is 0 Å². The summed E-state index contributed by atoms with van der Waals surface area (Å²) in [5.41, 5.74) is 3.46. The minimum Gasteiger partial charge on any atom is -0.497 e. The van der Waals surface area contributed by atoms with Gasteiger partial charge in [-0.25, -0.2) is 4.98 Å². The van der Waals surface area contributed by atoms with Crippen molar-refractivity contribution in [1.29, 1.82) is 0 Å². The Balaban J connectivity index is 1.54. The van der Waals surface area contributed by atoms with Crippen molar-refractivity contribution >= 4 is 11.3 Å². The summed E-state index contributed by atoms with van der Waals surface area (Å²) in [6, 6.07) is 9.81. The molecule has 4 rings (SSSR count). The summed E-state index contributed by atoms with van der Waals surface area (Å²) in [5, 5.41) is 16.2. The Morgan fingerprint density at radius 3 is 2.88 bits per heavy atom. The molecule has 0 atom stereocenters. The van der Waals surface area contributed by atoms with Crippen LogP contribution in [0.15, 0.2) is 49.1 Å². The molecule has 8 heteroatoms. The van der Waals surface area contributed by atoms with Gasteiger partial charge in [0.1, 0.15) is 17.9 Å². The molecule has 2 N–H and O–H groups in total. The van der Waals surface area contributed by atoms with E-state index in [-0.39, 0.29) is 0 Å². The molecule has 0 radical (unpaired) electrons. The molecular formula is C18H19N7O. The van der Waals surface area contributed by atoms with Crippen molar-refractivity contribution in [2.45, 2.75) is 12.8 Å². The van der Waals surface area contributed by atoms with Crippen LogP contribution < -0.4 is 10.1 Å². The smallest absolute Gasteiger partial charge is 0.200 e.